The quantitative estimate of drug-likeness (QED) is 0.626. The fourth-order valence-corrected chi connectivity index (χ4v) is 2.30. The van der Waals surface area contributed by atoms with E-state index in [1.807, 2.05) is 0 Å². The first-order valence-corrected chi connectivity index (χ1v) is 6.93. The van der Waals surface area contributed by atoms with Crippen molar-refractivity contribution in [3.05, 3.63) is 64.6 Å². The van der Waals surface area contributed by atoms with E-state index in [0.717, 1.165) is 4.57 Å². The van der Waals surface area contributed by atoms with Crippen molar-refractivity contribution in [2.24, 2.45) is 0 Å². The highest BCUT2D eigenvalue weighted by Gasteiger charge is 2.15. The number of rotatable bonds is 3. The number of aromatic amines is 1. The highest BCUT2D eigenvalue weighted by Crippen LogP contribution is 2.13. The molecular formula is C16H14N4O3. The number of amides is 1. The van der Waals surface area contributed by atoms with Gasteiger partial charge in [-0.25, -0.2) is 9.36 Å². The van der Waals surface area contributed by atoms with E-state index in [1.165, 1.54) is 0 Å². The molecule has 116 valence electrons. The molecule has 0 fully saturated rings. The van der Waals surface area contributed by atoms with Crippen LogP contribution in [0, 0.1) is 0 Å². The number of imidazole rings is 1. The van der Waals surface area contributed by atoms with E-state index < -0.39 is 11.6 Å². The third-order valence-electron chi connectivity index (χ3n) is 3.39. The van der Waals surface area contributed by atoms with E-state index in [-0.39, 0.29) is 12.5 Å². The molecule has 0 bridgehead atoms. The van der Waals surface area contributed by atoms with Crippen molar-refractivity contribution in [2.45, 2.75) is 0 Å². The summed E-state index contributed by atoms with van der Waals surface area (Å²) < 4.78 is 0.986. The lowest BCUT2D eigenvalue weighted by atomic mass is 10.2. The number of aromatic nitrogens is 2. The van der Waals surface area contributed by atoms with Gasteiger partial charge >= 0.3 is 5.69 Å². The molecule has 4 N–H and O–H groups in total. The summed E-state index contributed by atoms with van der Waals surface area (Å²) >= 11 is 0. The van der Waals surface area contributed by atoms with Crippen LogP contribution in [-0.4, -0.2) is 27.9 Å². The lowest BCUT2D eigenvalue weighted by Crippen LogP contribution is -2.36. The zero-order chi connectivity index (χ0) is 16.4. The Labute approximate surface area is 130 Å². The maximum absolute atomic E-state index is 12.3. The predicted molar refractivity (Wildman–Crippen MR) is 86.4 cm³/mol. The summed E-state index contributed by atoms with van der Waals surface area (Å²) in [5, 5.41) is 2.50. The Bertz CT molecular complexity index is 941. The number of carbonyl (C=O) groups excluding carboxylic acids is 2. The first kappa shape index (κ1) is 14.6. The topological polar surface area (TPSA) is 110 Å². The van der Waals surface area contributed by atoms with E-state index >= 15 is 0 Å². The fourth-order valence-electron chi connectivity index (χ4n) is 2.30. The third-order valence-corrected chi connectivity index (χ3v) is 3.39. The first-order valence-electron chi connectivity index (χ1n) is 6.93. The van der Waals surface area contributed by atoms with Crippen molar-refractivity contribution < 1.29 is 9.59 Å². The molecule has 0 radical (unpaired) electrons. The number of nitrogens with two attached hydrogens (primary N) is 1. The molecule has 0 aliphatic heterocycles. The zero-order valence-corrected chi connectivity index (χ0v) is 12.1. The number of nitrogens with zero attached hydrogens (tertiary/aromatic N) is 1. The van der Waals surface area contributed by atoms with Crippen molar-refractivity contribution in [3.8, 4) is 0 Å². The Kier molecular flexibility index (Phi) is 3.68. The molecule has 0 aliphatic carbocycles. The minimum absolute atomic E-state index is 0.287. The zero-order valence-electron chi connectivity index (χ0n) is 12.1. The van der Waals surface area contributed by atoms with Gasteiger partial charge in [0.1, 0.15) is 0 Å². The fraction of sp³-hybridized carbons (Fsp3) is 0.0625. The Hall–Kier alpha value is -3.35. The molecule has 0 unspecified atom stereocenters. The van der Waals surface area contributed by atoms with Crippen molar-refractivity contribution in [3.63, 3.8) is 0 Å². The summed E-state index contributed by atoms with van der Waals surface area (Å²) in [7, 11) is 0. The van der Waals surface area contributed by atoms with Crippen molar-refractivity contribution >= 4 is 28.5 Å². The van der Waals surface area contributed by atoms with Gasteiger partial charge in [0.2, 0.25) is 0 Å². The van der Waals surface area contributed by atoms with Crippen LogP contribution in [-0.2, 0) is 0 Å². The molecule has 3 aromatic rings. The van der Waals surface area contributed by atoms with Crippen LogP contribution < -0.4 is 16.7 Å². The summed E-state index contributed by atoms with van der Waals surface area (Å²) in [5.74, 6) is -0.911. The van der Waals surface area contributed by atoms with Crippen LogP contribution in [0.2, 0.25) is 0 Å². The monoisotopic (exact) mass is 310 g/mol. The second kappa shape index (κ2) is 5.80. The summed E-state index contributed by atoms with van der Waals surface area (Å²) in [6.07, 6.45) is 0. The Morgan fingerprint density at radius 1 is 1.13 bits per heavy atom. The van der Waals surface area contributed by atoms with Gasteiger partial charge in [-0.15, -0.1) is 0 Å². The normalized spacial score (nSPS) is 10.6. The molecule has 0 spiro atoms. The maximum atomic E-state index is 12.3. The van der Waals surface area contributed by atoms with Crippen LogP contribution in [0.3, 0.4) is 0 Å². The molecular weight excluding hydrogens is 296 g/mol. The Morgan fingerprint density at radius 2 is 1.87 bits per heavy atom. The van der Waals surface area contributed by atoms with Gasteiger partial charge in [-0.1, -0.05) is 18.2 Å². The van der Waals surface area contributed by atoms with Gasteiger partial charge in [-0.3, -0.25) is 9.59 Å². The number of hydrogen-bond donors (Lipinski definition) is 3. The van der Waals surface area contributed by atoms with Gasteiger partial charge in [0.15, 0.2) is 0 Å². The SMILES string of the molecule is Nc1ccc2c(c1)[nH]c(=O)n2C(=O)CNC(=O)c1ccccc1. The van der Waals surface area contributed by atoms with Crippen LogP contribution in [0.15, 0.2) is 53.3 Å². The highest BCUT2D eigenvalue weighted by atomic mass is 16.2. The van der Waals surface area contributed by atoms with Gasteiger partial charge in [-0.05, 0) is 30.3 Å². The lowest BCUT2D eigenvalue weighted by molar-refractivity contribution is 0.0861. The van der Waals surface area contributed by atoms with Gasteiger partial charge in [0.25, 0.3) is 11.8 Å². The van der Waals surface area contributed by atoms with E-state index in [0.29, 0.717) is 22.3 Å². The second-order valence-electron chi connectivity index (χ2n) is 4.98. The van der Waals surface area contributed by atoms with Gasteiger partial charge < -0.3 is 16.0 Å². The largest absolute Gasteiger partial charge is 0.399 e. The molecule has 7 nitrogen and oxygen atoms in total. The minimum atomic E-state index is -0.565. The van der Waals surface area contributed by atoms with Crippen LogP contribution in [0.4, 0.5) is 5.69 Å². The van der Waals surface area contributed by atoms with Crippen LogP contribution in [0.25, 0.3) is 11.0 Å². The molecule has 7 heteroatoms. The number of benzene rings is 2. The molecule has 1 amide bonds. The van der Waals surface area contributed by atoms with Gasteiger partial charge in [-0.2, -0.15) is 0 Å². The third kappa shape index (κ3) is 2.84. The molecule has 1 heterocycles. The average molecular weight is 310 g/mol. The van der Waals surface area contributed by atoms with Gasteiger partial charge in [0, 0.05) is 11.3 Å². The smallest absolute Gasteiger partial charge is 0.333 e. The van der Waals surface area contributed by atoms with Crippen LogP contribution in [0.1, 0.15) is 15.2 Å². The molecule has 0 atom stereocenters. The Balaban J connectivity index is 1.80. The number of hydrogen-bond acceptors (Lipinski definition) is 4. The lowest BCUT2D eigenvalue weighted by Gasteiger charge is -2.05. The highest BCUT2D eigenvalue weighted by molar-refractivity contribution is 5.98. The molecule has 0 saturated heterocycles. The maximum Gasteiger partial charge on any atom is 0.333 e. The minimum Gasteiger partial charge on any atom is -0.399 e. The van der Waals surface area contributed by atoms with Crippen molar-refractivity contribution in [1.29, 1.82) is 0 Å². The van der Waals surface area contributed by atoms with Crippen LogP contribution >= 0.6 is 0 Å². The molecule has 0 aliphatic rings. The van der Waals surface area contributed by atoms with E-state index in [2.05, 4.69) is 10.3 Å². The van der Waals surface area contributed by atoms with E-state index in [1.54, 1.807) is 48.5 Å². The number of H-pyrrole nitrogens is 1. The van der Waals surface area contributed by atoms with Crippen molar-refractivity contribution in [1.82, 2.24) is 14.9 Å². The summed E-state index contributed by atoms with van der Waals surface area (Å²) in [6, 6.07) is 13.3. The Morgan fingerprint density at radius 3 is 2.61 bits per heavy atom. The molecule has 1 aromatic heterocycles. The number of nitrogen functional groups attached to an aromatic ring is 1. The predicted octanol–water partition coefficient (Wildman–Crippen LogP) is 0.982. The second-order valence-corrected chi connectivity index (χ2v) is 4.98. The molecule has 0 saturated carbocycles. The molecule has 2 aromatic carbocycles. The van der Waals surface area contributed by atoms with E-state index in [4.69, 9.17) is 5.73 Å². The van der Waals surface area contributed by atoms with E-state index in [9.17, 15) is 14.4 Å². The molecule has 23 heavy (non-hydrogen) atoms. The van der Waals surface area contributed by atoms with Crippen molar-refractivity contribution in [2.75, 3.05) is 12.3 Å². The number of fused-ring (bicyclic) bond motifs is 1. The average Bonchev–Trinajstić information content (AvgIpc) is 2.88. The summed E-state index contributed by atoms with van der Waals surface area (Å²) in [4.78, 5) is 38.7. The molecule has 3 rings (SSSR count). The van der Waals surface area contributed by atoms with Crippen LogP contribution in [0.5, 0.6) is 0 Å². The summed E-state index contributed by atoms with van der Waals surface area (Å²) in [6.45, 7) is -0.287. The number of anilines is 1. The van der Waals surface area contributed by atoms with Gasteiger partial charge in [0.05, 0.1) is 17.6 Å². The summed E-state index contributed by atoms with van der Waals surface area (Å²) in [5.41, 5.74) is 6.90. The standard InChI is InChI=1S/C16H14N4O3/c17-11-6-7-13-12(8-11)19-16(23)20(13)14(21)9-18-15(22)10-4-2-1-3-5-10/h1-8H,9,17H2,(H,18,22)(H,19,23). The number of nitrogens with one attached hydrogen (secondary N) is 2. The number of carbonyl (C=O) groups is 2. The first-order chi connectivity index (χ1) is 11.1.